The topological polar surface area (TPSA) is 86.4 Å². The predicted molar refractivity (Wildman–Crippen MR) is 77.2 cm³/mol. The maximum Gasteiger partial charge on any atom is 0.184 e. The molecular formula is C11H11ClN4OS. The summed E-state index contributed by atoms with van der Waals surface area (Å²) >= 11 is 10.7. The molecule has 0 saturated carbocycles. The van der Waals surface area contributed by atoms with Crippen LogP contribution in [0.3, 0.4) is 0 Å². The van der Waals surface area contributed by atoms with Crippen LogP contribution in [-0.4, -0.2) is 21.4 Å². The summed E-state index contributed by atoms with van der Waals surface area (Å²) in [5.74, 6) is 0.204. The van der Waals surface area contributed by atoms with E-state index in [9.17, 15) is 5.11 Å². The fourth-order valence-electron chi connectivity index (χ4n) is 1.61. The Kier molecular flexibility index (Phi) is 3.40. The maximum absolute atomic E-state index is 9.71. The molecule has 5 nitrogen and oxygen atoms in total. The number of nitrogens with zero attached hydrogens (tertiary/aromatic N) is 1. The first-order chi connectivity index (χ1) is 8.49. The molecule has 0 saturated heterocycles. The summed E-state index contributed by atoms with van der Waals surface area (Å²) in [6, 6.07) is 3.45. The number of aromatic nitrogens is 1. The Hall–Kier alpha value is -1.79. The monoisotopic (exact) mass is 282 g/mol. The van der Waals surface area contributed by atoms with Crippen LogP contribution in [0, 0.1) is 6.92 Å². The molecule has 0 fully saturated rings. The molecule has 0 unspecified atom stereocenters. The molecule has 0 atom stereocenters. The van der Waals surface area contributed by atoms with E-state index in [-0.39, 0.29) is 10.9 Å². The molecule has 0 amide bonds. The van der Waals surface area contributed by atoms with E-state index < -0.39 is 0 Å². The van der Waals surface area contributed by atoms with Gasteiger partial charge >= 0.3 is 0 Å². The van der Waals surface area contributed by atoms with Crippen molar-refractivity contribution >= 4 is 46.0 Å². The molecular weight excluding hydrogens is 272 g/mol. The van der Waals surface area contributed by atoms with Gasteiger partial charge in [-0.2, -0.15) is 5.10 Å². The van der Waals surface area contributed by atoms with Gasteiger partial charge in [0.25, 0.3) is 0 Å². The molecule has 7 heteroatoms. The molecule has 1 aromatic heterocycles. The number of aryl methyl sites for hydroxylation is 1. The van der Waals surface area contributed by atoms with Crippen LogP contribution in [0.5, 0.6) is 5.75 Å². The van der Waals surface area contributed by atoms with Crippen molar-refractivity contribution in [1.82, 2.24) is 10.4 Å². The van der Waals surface area contributed by atoms with Gasteiger partial charge in [-0.05, 0) is 36.8 Å². The smallest absolute Gasteiger partial charge is 0.184 e. The lowest BCUT2D eigenvalue weighted by atomic mass is 10.1. The molecule has 0 bridgehead atoms. The van der Waals surface area contributed by atoms with Gasteiger partial charge < -0.3 is 15.8 Å². The van der Waals surface area contributed by atoms with Gasteiger partial charge in [-0.1, -0.05) is 11.6 Å². The Balaban J connectivity index is 2.50. The van der Waals surface area contributed by atoms with E-state index in [1.54, 1.807) is 6.07 Å². The molecule has 0 aliphatic heterocycles. The summed E-state index contributed by atoms with van der Waals surface area (Å²) in [4.78, 5) is 3.00. The van der Waals surface area contributed by atoms with Crippen LogP contribution < -0.4 is 11.2 Å². The number of aromatic amines is 1. The summed E-state index contributed by atoms with van der Waals surface area (Å²) in [6.45, 7) is 1.81. The lowest BCUT2D eigenvalue weighted by Gasteiger charge is -1.99. The highest BCUT2D eigenvalue weighted by atomic mass is 35.5. The highest BCUT2D eigenvalue weighted by Crippen LogP contribution is 2.30. The maximum atomic E-state index is 9.71. The zero-order valence-electron chi connectivity index (χ0n) is 9.49. The van der Waals surface area contributed by atoms with Crippen LogP contribution in [0.25, 0.3) is 10.9 Å². The van der Waals surface area contributed by atoms with Crippen LogP contribution in [0.2, 0.25) is 5.15 Å². The van der Waals surface area contributed by atoms with Crippen molar-refractivity contribution in [2.45, 2.75) is 6.92 Å². The minimum atomic E-state index is 0.0703. The summed E-state index contributed by atoms with van der Waals surface area (Å²) in [5, 5.41) is 14.8. The molecule has 94 valence electrons. The largest absolute Gasteiger partial charge is 0.508 e. The number of benzene rings is 1. The zero-order valence-corrected chi connectivity index (χ0v) is 11.1. The first-order valence-electron chi connectivity index (χ1n) is 5.08. The second-order valence-electron chi connectivity index (χ2n) is 3.77. The highest BCUT2D eigenvalue weighted by molar-refractivity contribution is 7.80. The van der Waals surface area contributed by atoms with Crippen LogP contribution in [-0.2, 0) is 0 Å². The summed E-state index contributed by atoms with van der Waals surface area (Å²) in [6.07, 6.45) is 1.50. The van der Waals surface area contributed by atoms with Crippen LogP contribution in [0.15, 0.2) is 17.2 Å². The standard InChI is InChI=1S/C11H11ClN4OS/c1-5-2-8-6(3-9(5)17)7(10(12)15-8)4-14-16-11(13)18/h2-4,15,17H,1H3,(H3,13,16,18)/b14-4+. The number of hydrogen-bond acceptors (Lipinski definition) is 3. The Labute approximate surface area is 114 Å². The zero-order chi connectivity index (χ0) is 13.3. The number of halogens is 1. The van der Waals surface area contributed by atoms with E-state index in [0.29, 0.717) is 10.7 Å². The Bertz CT molecular complexity index is 650. The van der Waals surface area contributed by atoms with Gasteiger partial charge in [0.2, 0.25) is 0 Å². The Morgan fingerprint density at radius 3 is 3.00 bits per heavy atom. The number of thiocarbonyl (C=S) groups is 1. The number of nitrogens with two attached hydrogens (primary N) is 1. The fourth-order valence-corrected chi connectivity index (χ4v) is 1.92. The van der Waals surface area contributed by atoms with Crippen molar-refractivity contribution in [3.63, 3.8) is 0 Å². The molecule has 1 heterocycles. The van der Waals surface area contributed by atoms with Crippen LogP contribution in [0.4, 0.5) is 0 Å². The van der Waals surface area contributed by atoms with Crippen molar-refractivity contribution in [3.8, 4) is 5.75 Å². The fraction of sp³-hybridized carbons (Fsp3) is 0.0909. The van der Waals surface area contributed by atoms with E-state index in [4.69, 9.17) is 17.3 Å². The number of H-pyrrole nitrogens is 1. The third-order valence-corrected chi connectivity index (χ3v) is 2.86. The number of hydrazone groups is 1. The van der Waals surface area contributed by atoms with Crippen LogP contribution in [0.1, 0.15) is 11.1 Å². The van der Waals surface area contributed by atoms with Crippen LogP contribution >= 0.6 is 23.8 Å². The molecule has 18 heavy (non-hydrogen) atoms. The molecule has 2 aromatic rings. The van der Waals surface area contributed by atoms with Crippen molar-refractivity contribution in [2.75, 3.05) is 0 Å². The molecule has 0 aliphatic rings. The first kappa shape index (κ1) is 12.7. The second-order valence-corrected chi connectivity index (χ2v) is 4.59. The van der Waals surface area contributed by atoms with Gasteiger partial charge in [0.05, 0.1) is 6.21 Å². The Morgan fingerprint density at radius 2 is 2.33 bits per heavy atom. The van der Waals surface area contributed by atoms with Crippen molar-refractivity contribution in [3.05, 3.63) is 28.4 Å². The number of fused-ring (bicyclic) bond motifs is 1. The van der Waals surface area contributed by atoms with Gasteiger partial charge in [-0.15, -0.1) is 0 Å². The SMILES string of the molecule is Cc1cc2[nH]c(Cl)c(/C=N/NC(N)=S)c2cc1O. The van der Waals surface area contributed by atoms with E-state index in [0.717, 1.165) is 16.5 Å². The lowest BCUT2D eigenvalue weighted by molar-refractivity contribution is 0.472. The summed E-state index contributed by atoms with van der Waals surface area (Å²) < 4.78 is 0. The predicted octanol–water partition coefficient (Wildman–Crippen LogP) is 2.00. The summed E-state index contributed by atoms with van der Waals surface area (Å²) in [5.41, 5.74) is 9.95. The lowest BCUT2D eigenvalue weighted by Crippen LogP contribution is -2.23. The van der Waals surface area contributed by atoms with Gasteiger partial charge in [-0.25, -0.2) is 0 Å². The second kappa shape index (κ2) is 4.83. The minimum absolute atomic E-state index is 0.0703. The van der Waals surface area contributed by atoms with Crippen molar-refractivity contribution in [2.24, 2.45) is 10.8 Å². The molecule has 5 N–H and O–H groups in total. The average Bonchev–Trinajstić information content (AvgIpc) is 2.56. The number of nitrogens with one attached hydrogen (secondary N) is 2. The van der Waals surface area contributed by atoms with Crippen molar-refractivity contribution < 1.29 is 5.11 Å². The minimum Gasteiger partial charge on any atom is -0.508 e. The number of hydrogen-bond donors (Lipinski definition) is 4. The highest BCUT2D eigenvalue weighted by Gasteiger charge is 2.10. The van der Waals surface area contributed by atoms with E-state index >= 15 is 0 Å². The van der Waals surface area contributed by atoms with Gasteiger partial charge in [0.15, 0.2) is 5.11 Å². The molecule has 0 radical (unpaired) electrons. The first-order valence-corrected chi connectivity index (χ1v) is 5.87. The number of phenols is 1. The number of phenolic OH excluding ortho intramolecular Hbond substituents is 1. The summed E-state index contributed by atoms with van der Waals surface area (Å²) in [7, 11) is 0. The van der Waals surface area contributed by atoms with Gasteiger partial charge in [-0.3, -0.25) is 5.43 Å². The molecule has 0 aliphatic carbocycles. The van der Waals surface area contributed by atoms with Gasteiger partial charge in [0, 0.05) is 16.5 Å². The van der Waals surface area contributed by atoms with Crippen molar-refractivity contribution in [1.29, 1.82) is 0 Å². The number of aromatic hydroxyl groups is 1. The van der Waals surface area contributed by atoms with E-state index in [1.807, 2.05) is 13.0 Å². The number of rotatable bonds is 2. The molecule has 2 rings (SSSR count). The normalized spacial score (nSPS) is 11.2. The molecule has 0 spiro atoms. The quantitative estimate of drug-likeness (QED) is 0.385. The average molecular weight is 283 g/mol. The molecule has 1 aromatic carbocycles. The van der Waals surface area contributed by atoms with E-state index in [1.165, 1.54) is 6.21 Å². The third-order valence-electron chi connectivity index (χ3n) is 2.48. The van der Waals surface area contributed by atoms with Gasteiger partial charge in [0.1, 0.15) is 10.9 Å². The van der Waals surface area contributed by atoms with E-state index in [2.05, 4.69) is 27.7 Å². The Morgan fingerprint density at radius 1 is 1.61 bits per heavy atom. The third kappa shape index (κ3) is 2.39.